The summed E-state index contributed by atoms with van der Waals surface area (Å²) in [7, 11) is -3.07. The summed E-state index contributed by atoms with van der Waals surface area (Å²) in [5.74, 6) is 0.360. The third-order valence-electron chi connectivity index (χ3n) is 3.77. The Kier molecular flexibility index (Phi) is 4.60. The summed E-state index contributed by atoms with van der Waals surface area (Å²) in [6, 6.07) is 9.99. The molecule has 0 aliphatic carbocycles. The van der Waals surface area contributed by atoms with E-state index in [0.29, 0.717) is 19.0 Å². The van der Waals surface area contributed by atoms with E-state index in [0.717, 1.165) is 24.8 Å². The Hall–Kier alpha value is -0.910. The Bertz CT molecular complexity index is 501. The first-order chi connectivity index (χ1) is 8.97. The number of benzene rings is 1. The summed E-state index contributed by atoms with van der Waals surface area (Å²) in [6.45, 7) is 1.26. The van der Waals surface area contributed by atoms with Gasteiger partial charge in [-0.05, 0) is 30.7 Å². The van der Waals surface area contributed by atoms with E-state index in [1.807, 2.05) is 30.3 Å². The Labute approximate surface area is 115 Å². The van der Waals surface area contributed by atoms with E-state index in [9.17, 15) is 8.42 Å². The lowest BCUT2D eigenvalue weighted by Gasteiger charge is -2.32. The summed E-state index contributed by atoms with van der Waals surface area (Å²) in [5, 5.41) is 0. The number of nitrogens with two attached hydrogens (primary N) is 1. The minimum Gasteiger partial charge on any atom is -0.324 e. The predicted octanol–water partition coefficient (Wildman–Crippen LogP) is 1.75. The van der Waals surface area contributed by atoms with Crippen molar-refractivity contribution >= 4 is 10.0 Å². The molecular weight excluding hydrogens is 260 g/mol. The summed E-state index contributed by atoms with van der Waals surface area (Å²) in [6.07, 6.45) is 4.12. The molecule has 0 spiro atoms. The average molecular weight is 282 g/mol. The van der Waals surface area contributed by atoms with Crippen LogP contribution in [0.4, 0.5) is 0 Å². The summed E-state index contributed by atoms with van der Waals surface area (Å²) in [4.78, 5) is 0. The fourth-order valence-corrected chi connectivity index (χ4v) is 3.66. The van der Waals surface area contributed by atoms with Gasteiger partial charge >= 0.3 is 0 Å². The number of rotatable bonds is 4. The van der Waals surface area contributed by atoms with Crippen LogP contribution in [0, 0.1) is 5.92 Å². The fraction of sp³-hybridized carbons (Fsp3) is 0.571. The lowest BCUT2D eigenvalue weighted by atomic mass is 9.90. The Morgan fingerprint density at radius 1 is 1.37 bits per heavy atom. The SMILES string of the molecule is CS(=O)(=O)N1CCCC(CC(N)c2ccccc2)C1. The first-order valence-corrected chi connectivity index (χ1v) is 8.57. The molecule has 0 aromatic heterocycles. The molecule has 0 amide bonds. The standard InChI is InChI=1S/C14H22N2O2S/c1-19(17,18)16-9-5-6-12(11-16)10-14(15)13-7-3-2-4-8-13/h2-4,7-8,12,14H,5-6,9-11,15H2,1H3. The number of piperidine rings is 1. The van der Waals surface area contributed by atoms with Crippen LogP contribution in [0.1, 0.15) is 30.9 Å². The van der Waals surface area contributed by atoms with Crippen molar-refractivity contribution in [2.45, 2.75) is 25.3 Å². The highest BCUT2D eigenvalue weighted by molar-refractivity contribution is 7.88. The third kappa shape index (κ3) is 4.03. The van der Waals surface area contributed by atoms with Crippen molar-refractivity contribution in [2.75, 3.05) is 19.3 Å². The van der Waals surface area contributed by atoms with Gasteiger partial charge in [0.1, 0.15) is 0 Å². The van der Waals surface area contributed by atoms with Crippen LogP contribution < -0.4 is 5.73 Å². The van der Waals surface area contributed by atoms with Crippen molar-refractivity contribution < 1.29 is 8.42 Å². The van der Waals surface area contributed by atoms with E-state index >= 15 is 0 Å². The van der Waals surface area contributed by atoms with Gasteiger partial charge in [-0.15, -0.1) is 0 Å². The maximum Gasteiger partial charge on any atom is 0.211 e. The van der Waals surface area contributed by atoms with Gasteiger partial charge in [-0.25, -0.2) is 12.7 Å². The third-order valence-corrected chi connectivity index (χ3v) is 5.04. The van der Waals surface area contributed by atoms with E-state index in [2.05, 4.69) is 0 Å². The van der Waals surface area contributed by atoms with Crippen LogP contribution in [-0.2, 0) is 10.0 Å². The van der Waals surface area contributed by atoms with E-state index in [1.165, 1.54) is 6.26 Å². The molecule has 1 aliphatic heterocycles. The van der Waals surface area contributed by atoms with Gasteiger partial charge in [0.15, 0.2) is 0 Å². The molecule has 0 radical (unpaired) electrons. The highest BCUT2D eigenvalue weighted by Gasteiger charge is 2.27. The maximum absolute atomic E-state index is 11.6. The first-order valence-electron chi connectivity index (χ1n) is 6.72. The summed E-state index contributed by atoms with van der Waals surface area (Å²) >= 11 is 0. The summed E-state index contributed by atoms with van der Waals surface area (Å²) < 4.78 is 24.7. The number of hydrogen-bond donors (Lipinski definition) is 1. The van der Waals surface area contributed by atoms with Crippen LogP contribution in [0.15, 0.2) is 30.3 Å². The normalized spacial score (nSPS) is 23.2. The molecule has 2 rings (SSSR count). The number of sulfonamides is 1. The Morgan fingerprint density at radius 3 is 2.68 bits per heavy atom. The second-order valence-electron chi connectivity index (χ2n) is 5.38. The van der Waals surface area contributed by atoms with Crippen LogP contribution in [0.25, 0.3) is 0 Å². The van der Waals surface area contributed by atoms with Crippen LogP contribution in [0.3, 0.4) is 0 Å². The molecule has 106 valence electrons. The van der Waals surface area contributed by atoms with Gasteiger partial charge < -0.3 is 5.73 Å². The summed E-state index contributed by atoms with van der Waals surface area (Å²) in [5.41, 5.74) is 7.34. The largest absolute Gasteiger partial charge is 0.324 e. The smallest absolute Gasteiger partial charge is 0.211 e. The molecule has 0 bridgehead atoms. The fourth-order valence-electron chi connectivity index (χ4n) is 2.72. The molecule has 1 aromatic carbocycles. The zero-order valence-corrected chi connectivity index (χ0v) is 12.1. The molecule has 1 aromatic rings. The van der Waals surface area contributed by atoms with Crippen molar-refractivity contribution in [3.05, 3.63) is 35.9 Å². The van der Waals surface area contributed by atoms with Crippen molar-refractivity contribution in [3.63, 3.8) is 0 Å². The molecule has 2 atom stereocenters. The van der Waals surface area contributed by atoms with Crippen LogP contribution in [0.2, 0.25) is 0 Å². The quantitative estimate of drug-likeness (QED) is 0.915. The van der Waals surface area contributed by atoms with Gasteiger partial charge in [-0.3, -0.25) is 0 Å². The lowest BCUT2D eigenvalue weighted by Crippen LogP contribution is -2.40. The van der Waals surface area contributed by atoms with E-state index in [-0.39, 0.29) is 6.04 Å². The minimum atomic E-state index is -3.07. The van der Waals surface area contributed by atoms with Gasteiger partial charge in [0.05, 0.1) is 6.26 Å². The zero-order chi connectivity index (χ0) is 13.9. The molecule has 2 unspecified atom stereocenters. The second-order valence-corrected chi connectivity index (χ2v) is 7.36. The molecule has 5 heteroatoms. The van der Waals surface area contributed by atoms with Gasteiger partial charge in [0, 0.05) is 19.1 Å². The molecule has 0 saturated carbocycles. The molecule has 19 heavy (non-hydrogen) atoms. The predicted molar refractivity (Wildman–Crippen MR) is 77.1 cm³/mol. The van der Waals surface area contributed by atoms with E-state index in [4.69, 9.17) is 5.73 Å². The second kappa shape index (κ2) is 6.03. The number of nitrogens with zero attached hydrogens (tertiary/aromatic N) is 1. The van der Waals surface area contributed by atoms with E-state index in [1.54, 1.807) is 4.31 Å². The Balaban J connectivity index is 1.96. The van der Waals surface area contributed by atoms with Crippen LogP contribution in [0.5, 0.6) is 0 Å². The molecule has 1 aliphatic rings. The average Bonchev–Trinajstić information content (AvgIpc) is 2.39. The van der Waals surface area contributed by atoms with Crippen molar-refractivity contribution in [1.29, 1.82) is 0 Å². The topological polar surface area (TPSA) is 63.4 Å². The van der Waals surface area contributed by atoms with Crippen molar-refractivity contribution in [2.24, 2.45) is 11.7 Å². The first kappa shape index (κ1) is 14.5. The highest BCUT2D eigenvalue weighted by atomic mass is 32.2. The van der Waals surface area contributed by atoms with Gasteiger partial charge in [0.2, 0.25) is 10.0 Å². The monoisotopic (exact) mass is 282 g/mol. The molecule has 1 heterocycles. The maximum atomic E-state index is 11.6. The lowest BCUT2D eigenvalue weighted by molar-refractivity contribution is 0.247. The molecule has 1 saturated heterocycles. The van der Waals surface area contributed by atoms with Gasteiger partial charge in [-0.1, -0.05) is 30.3 Å². The highest BCUT2D eigenvalue weighted by Crippen LogP contribution is 2.27. The van der Waals surface area contributed by atoms with Crippen LogP contribution >= 0.6 is 0 Å². The van der Waals surface area contributed by atoms with Crippen molar-refractivity contribution in [3.8, 4) is 0 Å². The molecular formula is C14H22N2O2S. The molecule has 4 nitrogen and oxygen atoms in total. The number of hydrogen-bond acceptors (Lipinski definition) is 3. The van der Waals surface area contributed by atoms with Gasteiger partial charge in [0.25, 0.3) is 0 Å². The van der Waals surface area contributed by atoms with Gasteiger partial charge in [-0.2, -0.15) is 0 Å². The van der Waals surface area contributed by atoms with Crippen LogP contribution in [-0.4, -0.2) is 32.1 Å². The minimum absolute atomic E-state index is 0.00860. The molecule has 2 N–H and O–H groups in total. The molecule has 1 fully saturated rings. The Morgan fingerprint density at radius 2 is 2.05 bits per heavy atom. The van der Waals surface area contributed by atoms with E-state index < -0.39 is 10.0 Å². The van der Waals surface area contributed by atoms with Crippen molar-refractivity contribution in [1.82, 2.24) is 4.31 Å². The zero-order valence-electron chi connectivity index (χ0n) is 11.3.